The molecule has 0 aliphatic rings. The van der Waals surface area contributed by atoms with Gasteiger partial charge in [0.15, 0.2) is 5.52 Å². The Hall–Kier alpha value is -2.25. The van der Waals surface area contributed by atoms with Gasteiger partial charge in [0.25, 0.3) is 0 Å². The quantitative estimate of drug-likeness (QED) is 0.274. The normalized spacial score (nSPS) is 13.8. The van der Waals surface area contributed by atoms with Gasteiger partial charge in [-0.3, -0.25) is 19.2 Å². The Morgan fingerprint density at radius 3 is 2.20 bits per heavy atom. The zero-order valence-electron chi connectivity index (χ0n) is 17.7. The van der Waals surface area contributed by atoms with Crippen LogP contribution in [0.2, 0.25) is 0 Å². The maximum absolute atomic E-state index is 12.9. The number of carbonyl (C=O) groups is 4. The summed E-state index contributed by atoms with van der Waals surface area (Å²) < 4.78 is 0. The van der Waals surface area contributed by atoms with Crippen molar-refractivity contribution in [3.05, 3.63) is 35.9 Å². The largest absolute Gasteiger partial charge is 0.347 e. The van der Waals surface area contributed by atoms with Gasteiger partial charge < -0.3 is 21.7 Å². The summed E-state index contributed by atoms with van der Waals surface area (Å²) in [6.07, 6.45) is 0.623. The Kier molecular flexibility index (Phi) is 11.3. The fourth-order valence-electron chi connectivity index (χ4n) is 2.70. The van der Waals surface area contributed by atoms with Gasteiger partial charge in [0, 0.05) is 6.42 Å². The molecule has 0 spiro atoms. The van der Waals surface area contributed by atoms with E-state index in [1.807, 2.05) is 44.2 Å². The van der Waals surface area contributed by atoms with Gasteiger partial charge in [-0.2, -0.15) is 0 Å². The molecule has 8 nitrogen and oxygen atoms in total. The van der Waals surface area contributed by atoms with E-state index in [4.69, 9.17) is 13.3 Å². The summed E-state index contributed by atoms with van der Waals surface area (Å²) in [7, 11) is 4.28. The molecule has 3 unspecified atom stereocenters. The van der Waals surface area contributed by atoms with E-state index in [1.165, 1.54) is 0 Å². The lowest BCUT2D eigenvalue weighted by atomic mass is 10.0. The molecule has 0 aromatic heterocycles. The molecular weight excluding hydrogens is 402 g/mol. The minimum Gasteiger partial charge on any atom is -0.347 e. The van der Waals surface area contributed by atoms with E-state index in [1.54, 1.807) is 6.66 Å². The summed E-state index contributed by atoms with van der Waals surface area (Å²) in [6.45, 7) is 5.00. The number of nitrogens with two attached hydrogens (primary N) is 1. The van der Waals surface area contributed by atoms with Crippen LogP contribution in [0, 0.1) is 5.92 Å². The summed E-state index contributed by atoms with van der Waals surface area (Å²) in [6, 6.07) is 7.47. The molecule has 0 aliphatic carbocycles. The van der Waals surface area contributed by atoms with Gasteiger partial charge >= 0.3 is 0 Å². The lowest BCUT2D eigenvalue weighted by molar-refractivity contribution is -0.132. The summed E-state index contributed by atoms with van der Waals surface area (Å²) in [5, 5.41) is 7.85. The first kappa shape index (κ1) is 25.8. The van der Waals surface area contributed by atoms with Crippen molar-refractivity contribution in [3.63, 3.8) is 0 Å². The second-order valence-corrected chi connectivity index (χ2v) is 9.15. The Labute approximate surface area is 180 Å². The molecule has 0 saturated heterocycles. The average Bonchev–Trinajstić information content (AvgIpc) is 2.70. The molecule has 3 amide bonds. The van der Waals surface area contributed by atoms with E-state index in [9.17, 15) is 19.2 Å². The van der Waals surface area contributed by atoms with Gasteiger partial charge in [-0.15, -0.1) is 0 Å². The monoisotopic (exact) mass is 432 g/mol. The van der Waals surface area contributed by atoms with Crippen molar-refractivity contribution in [2.45, 2.75) is 38.8 Å². The Morgan fingerprint density at radius 1 is 1.03 bits per heavy atom. The molecule has 162 valence electrons. The molecule has 3 atom stereocenters. The minimum atomic E-state index is -1.30. The van der Waals surface area contributed by atoms with E-state index in [2.05, 4.69) is 16.0 Å². The number of hydrogen-bond donors (Lipinski definition) is 4. The van der Waals surface area contributed by atoms with Crippen LogP contribution in [0.15, 0.2) is 30.3 Å². The van der Waals surface area contributed by atoms with Crippen LogP contribution in [0.5, 0.6) is 0 Å². The summed E-state index contributed by atoms with van der Waals surface area (Å²) >= 11 is 0. The molecule has 30 heavy (non-hydrogen) atoms. The number of carbonyl (C=O) groups excluding carboxylic acids is 4. The lowest BCUT2D eigenvalue weighted by Gasteiger charge is -2.24. The van der Waals surface area contributed by atoms with Gasteiger partial charge in [0.05, 0.1) is 13.1 Å². The van der Waals surface area contributed by atoms with Crippen LogP contribution in [-0.2, 0) is 25.6 Å². The van der Waals surface area contributed by atoms with Gasteiger partial charge in [-0.1, -0.05) is 52.0 Å². The van der Waals surface area contributed by atoms with Crippen LogP contribution in [0.3, 0.4) is 0 Å². The number of benzene rings is 1. The van der Waals surface area contributed by atoms with Crippen LogP contribution < -0.4 is 21.7 Å². The van der Waals surface area contributed by atoms with Crippen molar-refractivity contribution >= 4 is 38.6 Å². The highest BCUT2D eigenvalue weighted by Crippen LogP contribution is 2.22. The highest BCUT2D eigenvalue weighted by molar-refractivity contribution is 7.94. The standard InChI is InChI=1S/C20H30BN4O4P/c1-13(2)9-15(19(28)23-12-18(27)30(3)21)25-20(29)16(24-17(26)11-22)10-14-7-5-4-6-8-14/h4-8,13,15-16H,9-12,22H2,1-3H3,(H,23,28)(H,24,26)(H,25,29). The topological polar surface area (TPSA) is 130 Å². The Bertz CT molecular complexity index is 731. The predicted octanol–water partition coefficient (Wildman–Crippen LogP) is 0.0415. The first-order valence-electron chi connectivity index (χ1n) is 9.76. The molecule has 0 saturated carbocycles. The van der Waals surface area contributed by atoms with Gasteiger partial charge in [-0.25, -0.2) is 0 Å². The fraction of sp³-hybridized carbons (Fsp3) is 0.500. The zero-order chi connectivity index (χ0) is 22.7. The van der Waals surface area contributed by atoms with Crippen molar-refractivity contribution < 1.29 is 19.2 Å². The molecule has 1 aromatic rings. The molecule has 2 radical (unpaired) electrons. The van der Waals surface area contributed by atoms with Crippen LogP contribution in [0.4, 0.5) is 0 Å². The van der Waals surface area contributed by atoms with Crippen molar-refractivity contribution in [1.29, 1.82) is 0 Å². The van der Waals surface area contributed by atoms with E-state index >= 15 is 0 Å². The van der Waals surface area contributed by atoms with Gasteiger partial charge in [0.1, 0.15) is 19.6 Å². The second kappa shape index (κ2) is 13.1. The molecule has 1 rings (SSSR count). The highest BCUT2D eigenvalue weighted by Gasteiger charge is 2.27. The Morgan fingerprint density at radius 2 is 1.67 bits per heavy atom. The molecule has 0 heterocycles. The molecular formula is C20H30BN4O4P. The maximum atomic E-state index is 12.9. The second-order valence-electron chi connectivity index (χ2n) is 7.43. The SMILES string of the molecule is [B]P(C)C(=O)CNC(=O)C(CC(C)C)NC(=O)C(Cc1ccccc1)NC(=O)CN. The number of rotatable bonds is 12. The molecule has 0 aliphatic heterocycles. The van der Waals surface area contributed by atoms with Crippen LogP contribution in [-0.4, -0.2) is 62.6 Å². The molecule has 0 bridgehead atoms. The smallest absolute Gasteiger partial charge is 0.243 e. The average molecular weight is 432 g/mol. The third kappa shape index (κ3) is 9.50. The van der Waals surface area contributed by atoms with E-state index < -0.39 is 37.6 Å². The van der Waals surface area contributed by atoms with E-state index in [-0.39, 0.29) is 31.0 Å². The number of hydrogen-bond acceptors (Lipinski definition) is 5. The molecule has 1 aromatic carbocycles. The first-order chi connectivity index (χ1) is 14.1. The van der Waals surface area contributed by atoms with Crippen LogP contribution in [0.1, 0.15) is 25.8 Å². The van der Waals surface area contributed by atoms with Crippen molar-refractivity contribution in [3.8, 4) is 0 Å². The van der Waals surface area contributed by atoms with E-state index in [0.717, 1.165) is 5.56 Å². The number of nitrogens with one attached hydrogen (secondary N) is 3. The third-order valence-corrected chi connectivity index (χ3v) is 5.21. The summed E-state index contributed by atoms with van der Waals surface area (Å²) in [5.74, 6) is -1.32. The summed E-state index contributed by atoms with van der Waals surface area (Å²) in [5.41, 5.74) is 5.98. The fourth-order valence-corrected chi connectivity index (χ4v) is 3.03. The van der Waals surface area contributed by atoms with Crippen LogP contribution >= 0.6 is 7.80 Å². The van der Waals surface area contributed by atoms with Crippen molar-refractivity contribution in [1.82, 2.24) is 16.0 Å². The molecule has 0 fully saturated rings. The molecule has 10 heteroatoms. The maximum Gasteiger partial charge on any atom is 0.243 e. The lowest BCUT2D eigenvalue weighted by Crippen LogP contribution is -2.55. The van der Waals surface area contributed by atoms with Gasteiger partial charge in [0.2, 0.25) is 17.7 Å². The summed E-state index contributed by atoms with van der Waals surface area (Å²) in [4.78, 5) is 49.0. The predicted molar refractivity (Wildman–Crippen MR) is 119 cm³/mol. The van der Waals surface area contributed by atoms with Crippen molar-refractivity contribution in [2.75, 3.05) is 19.8 Å². The van der Waals surface area contributed by atoms with Gasteiger partial charge in [-0.05, 0) is 24.6 Å². The van der Waals surface area contributed by atoms with Crippen LogP contribution in [0.25, 0.3) is 0 Å². The highest BCUT2D eigenvalue weighted by atomic mass is 31.1. The molecule has 5 N–H and O–H groups in total. The first-order valence-corrected chi connectivity index (χ1v) is 11.6. The Balaban J connectivity index is 2.90. The zero-order valence-corrected chi connectivity index (χ0v) is 18.6. The number of amides is 3. The third-order valence-electron chi connectivity index (χ3n) is 4.27. The van der Waals surface area contributed by atoms with E-state index in [0.29, 0.717) is 6.42 Å². The minimum absolute atomic E-state index is 0.112. The van der Waals surface area contributed by atoms with Crippen molar-refractivity contribution in [2.24, 2.45) is 11.7 Å².